The highest BCUT2D eigenvalue weighted by atomic mass is 79.9. The van der Waals surface area contributed by atoms with Crippen molar-refractivity contribution in [2.24, 2.45) is 0 Å². The summed E-state index contributed by atoms with van der Waals surface area (Å²) >= 11 is 3.34. The summed E-state index contributed by atoms with van der Waals surface area (Å²) in [6.45, 7) is 0.828. The lowest BCUT2D eigenvalue weighted by atomic mass is 10.3. The molecule has 0 aliphatic carbocycles. The Morgan fingerprint density at radius 3 is 3.07 bits per heavy atom. The summed E-state index contributed by atoms with van der Waals surface area (Å²) in [6, 6.07) is 5.57. The quantitative estimate of drug-likeness (QED) is 0.866. The maximum Gasteiger partial charge on any atom is 0.152 e. The molecule has 1 N–H and O–H groups in total. The van der Waals surface area contributed by atoms with Crippen LogP contribution >= 0.6 is 15.9 Å². The lowest BCUT2D eigenvalue weighted by molar-refractivity contribution is 0.580. The van der Waals surface area contributed by atoms with Crippen LogP contribution in [0.15, 0.2) is 35.2 Å². The van der Waals surface area contributed by atoms with Crippen LogP contribution in [0.4, 0.5) is 5.82 Å². The van der Waals surface area contributed by atoms with E-state index < -0.39 is 0 Å². The number of hydrogen-bond donors (Lipinski definition) is 1. The molecule has 2 rings (SSSR count). The normalized spacial score (nSPS) is 10.2. The highest BCUT2D eigenvalue weighted by Crippen LogP contribution is 2.18. The maximum absolute atomic E-state index is 5.25. The first-order valence-corrected chi connectivity index (χ1v) is 5.68. The van der Waals surface area contributed by atoms with Gasteiger partial charge in [0.15, 0.2) is 5.76 Å². The van der Waals surface area contributed by atoms with Crippen LogP contribution in [-0.4, -0.2) is 21.8 Å². The molecule has 4 nitrogen and oxygen atoms in total. The number of rotatable bonds is 4. The fourth-order valence-electron chi connectivity index (χ4n) is 1.19. The van der Waals surface area contributed by atoms with Gasteiger partial charge in [-0.2, -0.15) is 0 Å². The van der Waals surface area contributed by atoms with Crippen molar-refractivity contribution in [2.45, 2.75) is 0 Å². The molecule has 2 aromatic rings. The van der Waals surface area contributed by atoms with E-state index in [-0.39, 0.29) is 0 Å². The van der Waals surface area contributed by atoms with Gasteiger partial charge in [-0.1, -0.05) is 15.9 Å². The van der Waals surface area contributed by atoms with E-state index in [4.69, 9.17) is 4.42 Å². The van der Waals surface area contributed by atoms with Gasteiger partial charge in [-0.3, -0.25) is 0 Å². The Morgan fingerprint density at radius 2 is 2.33 bits per heavy atom. The Morgan fingerprint density at radius 1 is 1.40 bits per heavy atom. The Labute approximate surface area is 95.9 Å². The summed E-state index contributed by atoms with van der Waals surface area (Å²) in [5.41, 5.74) is 0.784. The molecule has 0 aliphatic rings. The van der Waals surface area contributed by atoms with Crippen molar-refractivity contribution in [1.29, 1.82) is 0 Å². The Kier molecular flexibility index (Phi) is 3.34. The second kappa shape index (κ2) is 4.93. The zero-order chi connectivity index (χ0) is 10.5. The van der Waals surface area contributed by atoms with Crippen LogP contribution in [0.1, 0.15) is 0 Å². The van der Waals surface area contributed by atoms with Crippen LogP contribution in [0.5, 0.6) is 0 Å². The van der Waals surface area contributed by atoms with Gasteiger partial charge in [0.1, 0.15) is 17.8 Å². The second-order valence-electron chi connectivity index (χ2n) is 2.88. The molecule has 2 heterocycles. The average Bonchev–Trinajstić information content (AvgIpc) is 2.80. The third-order valence-electron chi connectivity index (χ3n) is 1.84. The minimum absolute atomic E-state index is 0.749. The Hall–Kier alpha value is -1.36. The van der Waals surface area contributed by atoms with Crippen LogP contribution in [0.2, 0.25) is 0 Å². The van der Waals surface area contributed by atoms with Crippen molar-refractivity contribution < 1.29 is 4.42 Å². The van der Waals surface area contributed by atoms with Crippen LogP contribution in [-0.2, 0) is 0 Å². The first-order valence-electron chi connectivity index (χ1n) is 4.56. The summed E-state index contributed by atoms with van der Waals surface area (Å²) in [5.74, 6) is 1.55. The molecule has 2 aromatic heterocycles. The van der Waals surface area contributed by atoms with Gasteiger partial charge in [-0.05, 0) is 12.1 Å². The smallest absolute Gasteiger partial charge is 0.152 e. The van der Waals surface area contributed by atoms with E-state index in [0.717, 1.165) is 29.1 Å². The van der Waals surface area contributed by atoms with E-state index in [1.807, 2.05) is 18.2 Å². The standard InChI is InChI=1S/C10H10BrN3O/c11-3-4-12-10-6-8(13-7-14-10)9-2-1-5-15-9/h1-2,5-7H,3-4H2,(H,12,13,14). The average molecular weight is 268 g/mol. The van der Waals surface area contributed by atoms with E-state index in [9.17, 15) is 0 Å². The van der Waals surface area contributed by atoms with E-state index in [2.05, 4.69) is 31.2 Å². The number of hydrogen-bond acceptors (Lipinski definition) is 4. The van der Waals surface area contributed by atoms with Crippen molar-refractivity contribution in [3.8, 4) is 11.5 Å². The van der Waals surface area contributed by atoms with Crippen LogP contribution < -0.4 is 5.32 Å². The molecule has 0 spiro atoms. The van der Waals surface area contributed by atoms with E-state index in [1.165, 1.54) is 6.33 Å². The largest absolute Gasteiger partial charge is 0.463 e. The fourth-order valence-corrected chi connectivity index (χ4v) is 1.39. The molecule has 0 atom stereocenters. The predicted octanol–water partition coefficient (Wildman–Crippen LogP) is 2.54. The third kappa shape index (κ3) is 2.56. The molecule has 0 aliphatic heterocycles. The zero-order valence-corrected chi connectivity index (χ0v) is 9.57. The number of halogens is 1. The monoisotopic (exact) mass is 267 g/mol. The van der Waals surface area contributed by atoms with Gasteiger partial charge in [-0.25, -0.2) is 9.97 Å². The Bertz CT molecular complexity index is 416. The van der Waals surface area contributed by atoms with Crippen LogP contribution in [0, 0.1) is 0 Å². The van der Waals surface area contributed by atoms with E-state index in [1.54, 1.807) is 6.26 Å². The van der Waals surface area contributed by atoms with Crippen molar-refractivity contribution in [1.82, 2.24) is 9.97 Å². The van der Waals surface area contributed by atoms with Crippen molar-refractivity contribution in [3.05, 3.63) is 30.8 Å². The molecule has 0 unspecified atom stereocenters. The minimum atomic E-state index is 0.749. The molecule has 15 heavy (non-hydrogen) atoms. The number of anilines is 1. The van der Waals surface area contributed by atoms with Crippen molar-refractivity contribution in [2.75, 3.05) is 17.2 Å². The molecule has 0 fully saturated rings. The molecular weight excluding hydrogens is 258 g/mol. The summed E-state index contributed by atoms with van der Waals surface area (Å²) in [7, 11) is 0. The number of alkyl halides is 1. The first-order chi connectivity index (χ1) is 7.40. The third-order valence-corrected chi connectivity index (χ3v) is 2.24. The van der Waals surface area contributed by atoms with Gasteiger partial charge in [0, 0.05) is 17.9 Å². The number of aromatic nitrogens is 2. The number of furan rings is 1. The van der Waals surface area contributed by atoms with E-state index in [0.29, 0.717) is 0 Å². The molecule has 0 aromatic carbocycles. The lowest BCUT2D eigenvalue weighted by Crippen LogP contribution is -2.04. The molecule has 78 valence electrons. The summed E-state index contributed by atoms with van der Waals surface area (Å²) in [5, 5.41) is 4.04. The topological polar surface area (TPSA) is 51.0 Å². The van der Waals surface area contributed by atoms with Crippen molar-refractivity contribution in [3.63, 3.8) is 0 Å². The summed E-state index contributed by atoms with van der Waals surface area (Å²) in [6.07, 6.45) is 3.15. The summed E-state index contributed by atoms with van der Waals surface area (Å²) < 4.78 is 5.25. The number of nitrogens with one attached hydrogen (secondary N) is 1. The lowest BCUT2D eigenvalue weighted by Gasteiger charge is -2.03. The van der Waals surface area contributed by atoms with Crippen molar-refractivity contribution >= 4 is 21.7 Å². The van der Waals surface area contributed by atoms with Crippen LogP contribution in [0.25, 0.3) is 11.5 Å². The highest BCUT2D eigenvalue weighted by Gasteiger charge is 2.03. The predicted molar refractivity (Wildman–Crippen MR) is 62.0 cm³/mol. The minimum Gasteiger partial charge on any atom is -0.463 e. The van der Waals surface area contributed by atoms with Gasteiger partial charge in [0.2, 0.25) is 0 Å². The highest BCUT2D eigenvalue weighted by molar-refractivity contribution is 9.09. The van der Waals surface area contributed by atoms with E-state index >= 15 is 0 Å². The van der Waals surface area contributed by atoms with Gasteiger partial charge in [-0.15, -0.1) is 0 Å². The van der Waals surface area contributed by atoms with Gasteiger partial charge >= 0.3 is 0 Å². The molecule has 0 saturated carbocycles. The fraction of sp³-hybridized carbons (Fsp3) is 0.200. The zero-order valence-electron chi connectivity index (χ0n) is 7.98. The molecule has 0 saturated heterocycles. The summed E-state index contributed by atoms with van der Waals surface area (Å²) in [4.78, 5) is 8.24. The Balaban J connectivity index is 2.19. The van der Waals surface area contributed by atoms with Crippen LogP contribution in [0.3, 0.4) is 0 Å². The molecular formula is C10H10BrN3O. The molecule has 0 radical (unpaired) electrons. The van der Waals surface area contributed by atoms with Gasteiger partial charge in [0.25, 0.3) is 0 Å². The van der Waals surface area contributed by atoms with Gasteiger partial charge < -0.3 is 9.73 Å². The second-order valence-corrected chi connectivity index (χ2v) is 3.67. The SMILES string of the molecule is BrCCNc1cc(-c2ccco2)ncn1. The maximum atomic E-state index is 5.25. The number of nitrogens with zero attached hydrogens (tertiary/aromatic N) is 2. The molecule has 5 heteroatoms. The van der Waals surface area contributed by atoms with Gasteiger partial charge in [0.05, 0.1) is 6.26 Å². The first kappa shape index (κ1) is 10.2. The molecule has 0 amide bonds. The molecule has 0 bridgehead atoms.